The van der Waals surface area contributed by atoms with Crippen molar-refractivity contribution in [1.29, 1.82) is 0 Å². The van der Waals surface area contributed by atoms with Gasteiger partial charge in [-0.1, -0.05) is 6.92 Å². The maximum atomic E-state index is 4.32. The van der Waals surface area contributed by atoms with Crippen LogP contribution in [-0.2, 0) is 0 Å². The summed E-state index contributed by atoms with van der Waals surface area (Å²) in [6, 6.07) is 3.85. The summed E-state index contributed by atoms with van der Waals surface area (Å²) in [5.41, 5.74) is 0. The van der Waals surface area contributed by atoms with Gasteiger partial charge in [-0.3, -0.25) is 0 Å². The standard InChI is InChI=1S/C12H12Br2N4S/c1-2-5-15-10-9(14)12(18-7-17-10)19-11-8(13)4-3-6-16-11/h3-4,6-7H,2,5H2,1H3,(H,15,17,18). The summed E-state index contributed by atoms with van der Waals surface area (Å²) in [7, 11) is 0. The van der Waals surface area contributed by atoms with Gasteiger partial charge < -0.3 is 5.32 Å². The van der Waals surface area contributed by atoms with Crippen LogP contribution in [0.5, 0.6) is 0 Å². The van der Waals surface area contributed by atoms with Crippen molar-refractivity contribution in [2.45, 2.75) is 23.4 Å². The normalized spacial score (nSPS) is 10.5. The van der Waals surface area contributed by atoms with E-state index in [1.54, 1.807) is 12.5 Å². The van der Waals surface area contributed by atoms with E-state index in [2.05, 4.69) is 59.1 Å². The summed E-state index contributed by atoms with van der Waals surface area (Å²) in [5, 5.41) is 4.98. The molecule has 2 rings (SSSR count). The lowest BCUT2D eigenvalue weighted by atomic mass is 10.4. The molecule has 0 radical (unpaired) electrons. The molecule has 7 heteroatoms. The fraction of sp³-hybridized carbons (Fsp3) is 0.250. The van der Waals surface area contributed by atoms with Crippen LogP contribution in [-0.4, -0.2) is 21.5 Å². The van der Waals surface area contributed by atoms with Crippen molar-refractivity contribution in [3.63, 3.8) is 0 Å². The largest absolute Gasteiger partial charge is 0.369 e. The Morgan fingerprint density at radius 1 is 1.21 bits per heavy atom. The van der Waals surface area contributed by atoms with Gasteiger partial charge in [-0.2, -0.15) is 0 Å². The van der Waals surface area contributed by atoms with Gasteiger partial charge in [-0.05, 0) is 62.2 Å². The number of anilines is 1. The Hall–Kier alpha value is -0.660. The lowest BCUT2D eigenvalue weighted by Gasteiger charge is -2.09. The Balaban J connectivity index is 2.23. The van der Waals surface area contributed by atoms with Gasteiger partial charge in [0.2, 0.25) is 0 Å². The van der Waals surface area contributed by atoms with Crippen LogP contribution in [0.2, 0.25) is 0 Å². The van der Waals surface area contributed by atoms with Gasteiger partial charge in [-0.25, -0.2) is 15.0 Å². The molecule has 4 nitrogen and oxygen atoms in total. The van der Waals surface area contributed by atoms with Gasteiger partial charge in [0.25, 0.3) is 0 Å². The third-order valence-electron chi connectivity index (χ3n) is 2.22. The second-order valence-electron chi connectivity index (χ2n) is 3.66. The molecule has 0 atom stereocenters. The molecule has 100 valence electrons. The Morgan fingerprint density at radius 3 is 2.79 bits per heavy atom. The molecule has 19 heavy (non-hydrogen) atoms. The molecule has 2 heterocycles. The topological polar surface area (TPSA) is 50.7 Å². The van der Waals surface area contributed by atoms with Crippen LogP contribution in [0, 0.1) is 0 Å². The second kappa shape index (κ2) is 7.21. The molecule has 0 unspecified atom stereocenters. The second-order valence-corrected chi connectivity index (χ2v) is 6.29. The molecule has 2 aromatic rings. The van der Waals surface area contributed by atoms with Crippen molar-refractivity contribution in [1.82, 2.24) is 15.0 Å². The van der Waals surface area contributed by atoms with Gasteiger partial charge in [0.15, 0.2) is 0 Å². The number of halogens is 2. The lowest BCUT2D eigenvalue weighted by molar-refractivity contribution is 0.944. The first-order valence-corrected chi connectivity index (χ1v) is 8.15. The summed E-state index contributed by atoms with van der Waals surface area (Å²) >= 11 is 8.52. The molecule has 0 aliphatic heterocycles. The first kappa shape index (κ1) is 14.7. The van der Waals surface area contributed by atoms with Crippen molar-refractivity contribution in [2.75, 3.05) is 11.9 Å². The van der Waals surface area contributed by atoms with E-state index in [1.807, 2.05) is 12.1 Å². The van der Waals surface area contributed by atoms with Crippen molar-refractivity contribution in [2.24, 2.45) is 0 Å². The molecule has 1 N–H and O–H groups in total. The molecular weight excluding hydrogens is 392 g/mol. The summed E-state index contributed by atoms with van der Waals surface area (Å²) < 4.78 is 1.82. The first-order valence-electron chi connectivity index (χ1n) is 5.75. The molecule has 2 aromatic heterocycles. The number of pyridine rings is 1. The molecule has 0 fully saturated rings. The minimum Gasteiger partial charge on any atom is -0.369 e. The third-order valence-corrected chi connectivity index (χ3v) is 5.16. The summed E-state index contributed by atoms with van der Waals surface area (Å²) in [4.78, 5) is 12.8. The van der Waals surface area contributed by atoms with Gasteiger partial charge in [-0.15, -0.1) is 0 Å². The molecule has 0 aliphatic rings. The quantitative estimate of drug-likeness (QED) is 0.751. The third kappa shape index (κ3) is 3.90. The average Bonchev–Trinajstić information content (AvgIpc) is 2.42. The zero-order valence-corrected chi connectivity index (χ0v) is 14.2. The molecule has 0 bridgehead atoms. The van der Waals surface area contributed by atoms with Crippen LogP contribution in [0.4, 0.5) is 5.82 Å². The predicted molar refractivity (Wildman–Crippen MR) is 84.6 cm³/mol. The fourth-order valence-corrected chi connectivity index (χ4v) is 3.16. The summed E-state index contributed by atoms with van der Waals surface area (Å²) in [6.07, 6.45) is 4.37. The molecule has 0 saturated heterocycles. The van der Waals surface area contributed by atoms with Crippen LogP contribution >= 0.6 is 43.6 Å². The summed E-state index contributed by atoms with van der Waals surface area (Å²) in [5.74, 6) is 0.811. The van der Waals surface area contributed by atoms with E-state index in [4.69, 9.17) is 0 Å². The minimum atomic E-state index is 0.811. The van der Waals surface area contributed by atoms with E-state index >= 15 is 0 Å². The molecule has 0 spiro atoms. The highest BCUT2D eigenvalue weighted by atomic mass is 79.9. The number of hydrogen-bond donors (Lipinski definition) is 1. The number of nitrogens with one attached hydrogen (secondary N) is 1. The van der Waals surface area contributed by atoms with Gasteiger partial charge in [0, 0.05) is 12.7 Å². The zero-order chi connectivity index (χ0) is 13.7. The van der Waals surface area contributed by atoms with Crippen LogP contribution < -0.4 is 5.32 Å². The Labute approximate surface area is 133 Å². The molecule has 0 aliphatic carbocycles. The fourth-order valence-electron chi connectivity index (χ4n) is 1.33. The van der Waals surface area contributed by atoms with E-state index in [0.717, 1.165) is 37.8 Å². The van der Waals surface area contributed by atoms with Gasteiger partial charge in [0.1, 0.15) is 22.2 Å². The monoisotopic (exact) mass is 402 g/mol. The molecule has 0 saturated carbocycles. The SMILES string of the molecule is CCCNc1ncnc(Sc2ncccc2Br)c1Br. The van der Waals surface area contributed by atoms with E-state index in [1.165, 1.54) is 11.8 Å². The highest BCUT2D eigenvalue weighted by molar-refractivity contribution is 9.11. The Morgan fingerprint density at radius 2 is 2.05 bits per heavy atom. The lowest BCUT2D eigenvalue weighted by Crippen LogP contribution is -2.03. The van der Waals surface area contributed by atoms with Crippen LogP contribution in [0.1, 0.15) is 13.3 Å². The van der Waals surface area contributed by atoms with Crippen molar-refractivity contribution in [3.05, 3.63) is 33.6 Å². The maximum Gasteiger partial charge on any atom is 0.144 e. The number of rotatable bonds is 5. The van der Waals surface area contributed by atoms with Gasteiger partial charge in [0.05, 0.1) is 8.95 Å². The predicted octanol–water partition coefficient (Wildman–Crippen LogP) is 4.37. The number of nitrogens with zero attached hydrogens (tertiary/aromatic N) is 3. The van der Waals surface area contributed by atoms with Crippen LogP contribution in [0.3, 0.4) is 0 Å². The van der Waals surface area contributed by atoms with Gasteiger partial charge >= 0.3 is 0 Å². The smallest absolute Gasteiger partial charge is 0.144 e. The van der Waals surface area contributed by atoms with E-state index in [0.29, 0.717) is 0 Å². The van der Waals surface area contributed by atoms with E-state index < -0.39 is 0 Å². The molecule has 0 aromatic carbocycles. The zero-order valence-electron chi connectivity index (χ0n) is 10.2. The Bertz CT molecular complexity index is 565. The molecule has 0 amide bonds. The van der Waals surface area contributed by atoms with E-state index in [-0.39, 0.29) is 0 Å². The van der Waals surface area contributed by atoms with Crippen molar-refractivity contribution >= 4 is 49.4 Å². The first-order chi connectivity index (χ1) is 9.22. The van der Waals surface area contributed by atoms with Crippen LogP contribution in [0.25, 0.3) is 0 Å². The van der Waals surface area contributed by atoms with Crippen molar-refractivity contribution < 1.29 is 0 Å². The summed E-state index contributed by atoms with van der Waals surface area (Å²) in [6.45, 7) is 3.00. The van der Waals surface area contributed by atoms with Crippen molar-refractivity contribution in [3.8, 4) is 0 Å². The maximum absolute atomic E-state index is 4.32. The highest BCUT2D eigenvalue weighted by Crippen LogP contribution is 2.36. The number of aromatic nitrogens is 3. The molecular formula is C12H12Br2N4S. The number of hydrogen-bond acceptors (Lipinski definition) is 5. The minimum absolute atomic E-state index is 0.811. The Kier molecular flexibility index (Phi) is 5.59. The highest BCUT2D eigenvalue weighted by Gasteiger charge is 2.12. The average molecular weight is 404 g/mol. The van der Waals surface area contributed by atoms with E-state index in [9.17, 15) is 0 Å². The van der Waals surface area contributed by atoms with Crippen LogP contribution in [0.15, 0.2) is 43.7 Å².